The van der Waals surface area contributed by atoms with Crippen molar-refractivity contribution in [1.82, 2.24) is 10.4 Å². The third kappa shape index (κ3) is 3.99. The molecular formula is C16H24N3OS+. The number of hydrazine groups is 1. The molecule has 1 aliphatic heterocycles. The van der Waals surface area contributed by atoms with E-state index in [1.54, 1.807) is 11.8 Å². The van der Waals surface area contributed by atoms with Crippen molar-refractivity contribution in [3.63, 3.8) is 0 Å². The minimum absolute atomic E-state index is 0.111. The topological polar surface area (TPSA) is 36.8 Å². The van der Waals surface area contributed by atoms with Crippen molar-refractivity contribution in [2.24, 2.45) is 0 Å². The Morgan fingerprint density at radius 3 is 2.86 bits per heavy atom. The maximum Gasteiger partial charge on any atom is 0.244 e. The van der Waals surface area contributed by atoms with Gasteiger partial charge in [0.25, 0.3) is 0 Å². The number of likely N-dealkylation sites (N-methyl/N-ethyl adjacent to an activating group) is 1. The monoisotopic (exact) mass is 306 g/mol. The summed E-state index contributed by atoms with van der Waals surface area (Å²) in [7, 11) is 2.20. The lowest BCUT2D eigenvalue weighted by Gasteiger charge is -2.30. The summed E-state index contributed by atoms with van der Waals surface area (Å²) in [4.78, 5) is 14.8. The van der Waals surface area contributed by atoms with E-state index >= 15 is 0 Å². The van der Waals surface area contributed by atoms with Gasteiger partial charge in [0.15, 0.2) is 0 Å². The number of aryl methyl sites for hydroxylation is 2. The number of benzene rings is 1. The van der Waals surface area contributed by atoms with Crippen LogP contribution in [-0.4, -0.2) is 49.9 Å². The lowest BCUT2D eigenvalue weighted by atomic mass is 10.1. The molecule has 0 radical (unpaired) electrons. The molecule has 0 aromatic heterocycles. The Kier molecular flexibility index (Phi) is 4.83. The van der Waals surface area contributed by atoms with Crippen LogP contribution in [0.1, 0.15) is 17.5 Å². The van der Waals surface area contributed by atoms with Crippen molar-refractivity contribution in [2.45, 2.75) is 24.2 Å². The number of nitrogens with one attached hydrogen (secondary N) is 2. The molecule has 1 fully saturated rings. The lowest BCUT2D eigenvalue weighted by molar-refractivity contribution is -0.884. The average Bonchev–Trinajstić information content (AvgIpc) is 2.95. The highest BCUT2D eigenvalue weighted by atomic mass is 32.2. The Hall–Kier alpha value is -1.04. The van der Waals surface area contributed by atoms with Gasteiger partial charge >= 0.3 is 0 Å². The largest absolute Gasteiger partial charge is 0.335 e. The van der Waals surface area contributed by atoms with Crippen LogP contribution in [-0.2, 0) is 17.6 Å². The number of nitrogens with zero attached hydrogens (tertiary/aromatic N) is 1. The smallest absolute Gasteiger partial charge is 0.244 e. The van der Waals surface area contributed by atoms with E-state index in [0.29, 0.717) is 5.75 Å². The predicted molar refractivity (Wildman–Crippen MR) is 85.5 cm³/mol. The Morgan fingerprint density at radius 1 is 1.29 bits per heavy atom. The van der Waals surface area contributed by atoms with E-state index in [2.05, 4.69) is 35.7 Å². The van der Waals surface area contributed by atoms with Crippen molar-refractivity contribution in [3.05, 3.63) is 29.3 Å². The minimum Gasteiger partial charge on any atom is -0.335 e. The molecule has 5 heteroatoms. The van der Waals surface area contributed by atoms with Crippen LogP contribution in [0.2, 0.25) is 0 Å². The lowest BCUT2D eigenvalue weighted by Crippen LogP contribution is -3.12. The van der Waals surface area contributed by atoms with Gasteiger partial charge in [-0.1, -0.05) is 6.07 Å². The van der Waals surface area contributed by atoms with Crippen LogP contribution in [0.25, 0.3) is 0 Å². The molecular weight excluding hydrogens is 282 g/mol. The Bertz CT molecular complexity index is 512. The van der Waals surface area contributed by atoms with Crippen molar-refractivity contribution >= 4 is 17.7 Å². The SMILES string of the molecule is C[NH+]1CCN(NC(=O)CSc2ccc3c(c2)CCC3)CC1. The number of carbonyl (C=O) groups excluding carboxylic acids is 1. The van der Waals surface area contributed by atoms with E-state index < -0.39 is 0 Å². The highest BCUT2D eigenvalue weighted by molar-refractivity contribution is 8.00. The third-order valence-electron chi connectivity index (χ3n) is 4.34. The molecule has 1 saturated heterocycles. The second-order valence-electron chi connectivity index (χ2n) is 6.05. The zero-order valence-corrected chi connectivity index (χ0v) is 13.5. The van der Waals surface area contributed by atoms with Gasteiger partial charge in [0.1, 0.15) is 0 Å². The standard InChI is InChI=1S/C16H23N3OS/c1-18-7-9-19(10-8-18)17-16(20)12-21-15-6-5-13-3-2-4-14(13)11-15/h5-6,11H,2-4,7-10,12H2,1H3,(H,17,20)/p+1. The Balaban J connectivity index is 1.45. The fourth-order valence-electron chi connectivity index (χ4n) is 3.00. The van der Waals surface area contributed by atoms with Gasteiger partial charge in [0.2, 0.25) is 5.91 Å². The number of hydrogen-bond acceptors (Lipinski definition) is 3. The summed E-state index contributed by atoms with van der Waals surface area (Å²) in [6.07, 6.45) is 3.68. The first-order chi connectivity index (χ1) is 10.2. The zero-order valence-electron chi connectivity index (χ0n) is 12.7. The summed E-state index contributed by atoms with van der Waals surface area (Å²) < 4.78 is 0. The summed E-state index contributed by atoms with van der Waals surface area (Å²) in [5.41, 5.74) is 5.99. The van der Waals surface area contributed by atoms with E-state index in [-0.39, 0.29) is 5.91 Å². The van der Waals surface area contributed by atoms with Crippen LogP contribution in [0.3, 0.4) is 0 Å². The molecule has 3 rings (SSSR count). The number of thioether (sulfide) groups is 1. The summed E-state index contributed by atoms with van der Waals surface area (Å²) in [5, 5.41) is 2.05. The molecule has 21 heavy (non-hydrogen) atoms. The van der Waals surface area contributed by atoms with Crippen molar-refractivity contribution in [1.29, 1.82) is 0 Å². The Morgan fingerprint density at radius 2 is 2.05 bits per heavy atom. The molecule has 2 aliphatic rings. The van der Waals surface area contributed by atoms with Crippen LogP contribution < -0.4 is 10.3 Å². The van der Waals surface area contributed by atoms with Crippen LogP contribution >= 0.6 is 11.8 Å². The summed E-state index contributed by atoms with van der Waals surface area (Å²) in [6.45, 7) is 4.08. The highest BCUT2D eigenvalue weighted by Crippen LogP contribution is 2.27. The van der Waals surface area contributed by atoms with E-state index in [0.717, 1.165) is 26.2 Å². The van der Waals surface area contributed by atoms with Crippen LogP contribution in [0.4, 0.5) is 0 Å². The van der Waals surface area contributed by atoms with Gasteiger partial charge in [-0.25, -0.2) is 5.01 Å². The third-order valence-corrected chi connectivity index (χ3v) is 5.33. The van der Waals surface area contributed by atoms with Gasteiger partial charge in [-0.3, -0.25) is 10.2 Å². The quantitative estimate of drug-likeness (QED) is 0.777. The molecule has 0 bridgehead atoms. The van der Waals surface area contributed by atoms with Crippen molar-refractivity contribution in [3.8, 4) is 0 Å². The van der Waals surface area contributed by atoms with Crippen LogP contribution in [0.15, 0.2) is 23.1 Å². The number of rotatable bonds is 4. The number of quaternary nitrogens is 1. The van der Waals surface area contributed by atoms with Crippen LogP contribution in [0.5, 0.6) is 0 Å². The van der Waals surface area contributed by atoms with E-state index in [9.17, 15) is 4.79 Å². The molecule has 0 atom stereocenters. The predicted octanol–water partition coefficient (Wildman–Crippen LogP) is 0.129. The highest BCUT2D eigenvalue weighted by Gasteiger charge is 2.18. The fourth-order valence-corrected chi connectivity index (χ4v) is 3.75. The number of fused-ring (bicyclic) bond motifs is 1. The first kappa shape index (κ1) is 14.9. The molecule has 114 valence electrons. The Labute approximate surface area is 130 Å². The van der Waals surface area contributed by atoms with E-state index in [1.165, 1.54) is 40.2 Å². The van der Waals surface area contributed by atoms with Gasteiger partial charge in [0, 0.05) is 4.90 Å². The number of piperazine rings is 1. The van der Waals surface area contributed by atoms with Gasteiger partial charge in [-0.2, -0.15) is 0 Å². The normalized spacial score (nSPS) is 19.5. The van der Waals surface area contributed by atoms with Crippen LogP contribution in [0, 0.1) is 0 Å². The van der Waals surface area contributed by atoms with Crippen molar-refractivity contribution < 1.29 is 9.69 Å². The summed E-state index contributed by atoms with van der Waals surface area (Å²) >= 11 is 1.64. The van der Waals surface area contributed by atoms with Gasteiger partial charge < -0.3 is 4.90 Å². The van der Waals surface area contributed by atoms with Gasteiger partial charge in [-0.15, -0.1) is 11.8 Å². The number of hydrogen-bond donors (Lipinski definition) is 2. The number of carbonyl (C=O) groups is 1. The maximum absolute atomic E-state index is 12.0. The molecule has 1 aliphatic carbocycles. The van der Waals surface area contributed by atoms with E-state index in [4.69, 9.17) is 0 Å². The molecule has 0 spiro atoms. The second kappa shape index (κ2) is 6.81. The molecule has 1 amide bonds. The summed E-state index contributed by atoms with van der Waals surface area (Å²) in [6, 6.07) is 6.65. The van der Waals surface area contributed by atoms with Crippen molar-refractivity contribution in [2.75, 3.05) is 39.0 Å². The first-order valence-corrected chi connectivity index (χ1v) is 8.79. The minimum atomic E-state index is 0.111. The van der Waals surface area contributed by atoms with Gasteiger partial charge in [-0.05, 0) is 42.5 Å². The maximum atomic E-state index is 12.0. The molecule has 0 unspecified atom stereocenters. The molecule has 0 saturated carbocycles. The fraction of sp³-hybridized carbons (Fsp3) is 0.562. The second-order valence-corrected chi connectivity index (χ2v) is 7.10. The number of amides is 1. The molecule has 1 aromatic rings. The molecule has 1 aromatic carbocycles. The summed E-state index contributed by atoms with van der Waals surface area (Å²) in [5.74, 6) is 0.609. The first-order valence-electron chi connectivity index (χ1n) is 7.81. The zero-order chi connectivity index (χ0) is 14.7. The van der Waals surface area contributed by atoms with E-state index in [1.807, 2.05) is 0 Å². The molecule has 2 N–H and O–H groups in total. The molecule has 4 nitrogen and oxygen atoms in total. The molecule has 1 heterocycles. The van der Waals surface area contributed by atoms with Gasteiger partial charge in [0.05, 0.1) is 39.0 Å². The average molecular weight is 306 g/mol.